The van der Waals surface area contributed by atoms with Crippen LogP contribution in [0, 0.1) is 11.7 Å². The molecule has 3 unspecified atom stereocenters. The van der Waals surface area contributed by atoms with Gasteiger partial charge in [-0.25, -0.2) is 4.39 Å². The van der Waals surface area contributed by atoms with E-state index in [0.29, 0.717) is 10.9 Å². The maximum Gasteiger partial charge on any atom is 0.141 e. The number of aromatic nitrogens is 1. The molecular weight excluding hydrogens is 275 g/mol. The van der Waals surface area contributed by atoms with Gasteiger partial charge in [0.2, 0.25) is 0 Å². The van der Waals surface area contributed by atoms with Crippen LogP contribution < -0.4 is 0 Å². The van der Waals surface area contributed by atoms with Crippen molar-refractivity contribution >= 4 is 11.8 Å². The predicted molar refractivity (Wildman–Crippen MR) is 81.3 cm³/mol. The molecule has 2 heterocycles. The van der Waals surface area contributed by atoms with E-state index in [1.807, 2.05) is 18.7 Å². The molecule has 1 saturated heterocycles. The zero-order valence-corrected chi connectivity index (χ0v) is 12.9. The highest BCUT2D eigenvalue weighted by Crippen LogP contribution is 2.25. The molecule has 1 fully saturated rings. The Morgan fingerprint density at radius 1 is 1.55 bits per heavy atom. The number of halogens is 1. The van der Waals surface area contributed by atoms with Crippen LogP contribution in [0.4, 0.5) is 4.39 Å². The summed E-state index contributed by atoms with van der Waals surface area (Å²) in [5.41, 5.74) is 0.553. The Hall–Kier alpha value is -0.650. The average Bonchev–Trinajstić information content (AvgIpc) is 2.47. The first-order chi connectivity index (χ1) is 9.60. The molecule has 0 saturated carbocycles. The van der Waals surface area contributed by atoms with Gasteiger partial charge in [0.05, 0.1) is 18.0 Å². The van der Waals surface area contributed by atoms with Crippen LogP contribution in [-0.4, -0.2) is 45.6 Å². The molecule has 1 aromatic heterocycles. The van der Waals surface area contributed by atoms with Gasteiger partial charge in [-0.15, -0.1) is 0 Å². The summed E-state index contributed by atoms with van der Waals surface area (Å²) in [6, 6.07) is 2.92. The zero-order chi connectivity index (χ0) is 14.5. The minimum absolute atomic E-state index is 0.0913. The normalized spacial score (nSPS) is 23.5. The van der Waals surface area contributed by atoms with Gasteiger partial charge in [0.15, 0.2) is 0 Å². The smallest absolute Gasteiger partial charge is 0.141 e. The highest BCUT2D eigenvalue weighted by molar-refractivity contribution is 8.00. The Morgan fingerprint density at radius 2 is 2.35 bits per heavy atom. The predicted octanol–water partition coefficient (Wildman–Crippen LogP) is 2.72. The third-order valence-corrected chi connectivity index (χ3v) is 5.19. The minimum atomic E-state index is -0.634. The monoisotopic (exact) mass is 298 g/mol. The van der Waals surface area contributed by atoms with Crippen molar-refractivity contribution in [2.45, 2.75) is 31.6 Å². The van der Waals surface area contributed by atoms with Crippen molar-refractivity contribution in [2.75, 3.05) is 25.4 Å². The van der Waals surface area contributed by atoms with Crippen LogP contribution in [0.15, 0.2) is 18.3 Å². The van der Waals surface area contributed by atoms with Crippen LogP contribution in [-0.2, 0) is 0 Å². The molecule has 5 heteroatoms. The molecule has 112 valence electrons. The Bertz CT molecular complexity index is 415. The van der Waals surface area contributed by atoms with Gasteiger partial charge in [-0.05, 0) is 18.6 Å². The van der Waals surface area contributed by atoms with Crippen molar-refractivity contribution < 1.29 is 9.50 Å². The first-order valence-electron chi connectivity index (χ1n) is 7.23. The van der Waals surface area contributed by atoms with Gasteiger partial charge in [-0.2, -0.15) is 11.8 Å². The Kier molecular flexibility index (Phi) is 5.81. The fraction of sp³-hybridized carbons (Fsp3) is 0.667. The molecule has 1 aliphatic rings. The van der Waals surface area contributed by atoms with Crippen LogP contribution in [0.25, 0.3) is 0 Å². The largest absolute Gasteiger partial charge is 0.386 e. The standard InChI is InChI=1S/C15H23FN2OS/c1-3-13-10-18(6-7-20-13)9-11(2)15(19)14-5-4-12(16)8-17-14/h4-5,8,11,13,15,19H,3,6-7,9-10H2,1-2H3. The van der Waals surface area contributed by atoms with Gasteiger partial charge in [0.1, 0.15) is 5.82 Å². The number of hydrogen-bond donors (Lipinski definition) is 1. The second-order valence-electron chi connectivity index (χ2n) is 5.48. The van der Waals surface area contributed by atoms with Gasteiger partial charge >= 0.3 is 0 Å². The van der Waals surface area contributed by atoms with Crippen molar-refractivity contribution in [1.29, 1.82) is 0 Å². The summed E-state index contributed by atoms with van der Waals surface area (Å²) in [4.78, 5) is 6.39. The molecule has 0 aliphatic carbocycles. The van der Waals surface area contributed by atoms with E-state index < -0.39 is 6.10 Å². The van der Waals surface area contributed by atoms with E-state index in [9.17, 15) is 9.50 Å². The second kappa shape index (κ2) is 7.38. The molecule has 2 rings (SSSR count). The summed E-state index contributed by atoms with van der Waals surface area (Å²) in [5, 5.41) is 11.0. The first kappa shape index (κ1) is 15.7. The number of hydrogen-bond acceptors (Lipinski definition) is 4. The van der Waals surface area contributed by atoms with E-state index in [4.69, 9.17) is 0 Å². The van der Waals surface area contributed by atoms with E-state index in [1.165, 1.54) is 12.5 Å². The van der Waals surface area contributed by atoms with Crippen LogP contribution >= 0.6 is 11.8 Å². The summed E-state index contributed by atoms with van der Waals surface area (Å²) in [6.45, 7) is 7.28. The molecular formula is C15H23FN2OS. The fourth-order valence-electron chi connectivity index (χ4n) is 2.55. The highest BCUT2D eigenvalue weighted by Gasteiger charge is 2.24. The number of nitrogens with zero attached hydrogens (tertiary/aromatic N) is 2. The molecule has 0 radical (unpaired) electrons. The number of pyridine rings is 1. The van der Waals surface area contributed by atoms with Crippen molar-refractivity contribution in [3.63, 3.8) is 0 Å². The van der Waals surface area contributed by atoms with Crippen LogP contribution in [0.2, 0.25) is 0 Å². The lowest BCUT2D eigenvalue weighted by molar-refractivity contribution is 0.0854. The Balaban J connectivity index is 1.90. The Labute approximate surface area is 124 Å². The fourth-order valence-corrected chi connectivity index (χ4v) is 3.80. The van der Waals surface area contributed by atoms with Crippen molar-refractivity contribution in [1.82, 2.24) is 9.88 Å². The highest BCUT2D eigenvalue weighted by atomic mass is 32.2. The molecule has 1 N–H and O–H groups in total. The topological polar surface area (TPSA) is 36.4 Å². The molecule has 3 nitrogen and oxygen atoms in total. The Morgan fingerprint density at radius 3 is 3.00 bits per heavy atom. The summed E-state index contributed by atoms with van der Waals surface area (Å²) < 4.78 is 12.9. The van der Waals surface area contributed by atoms with E-state index in [0.717, 1.165) is 31.6 Å². The number of thioether (sulfide) groups is 1. The lowest BCUT2D eigenvalue weighted by Gasteiger charge is -2.34. The van der Waals surface area contributed by atoms with Gasteiger partial charge < -0.3 is 10.0 Å². The van der Waals surface area contributed by atoms with E-state index >= 15 is 0 Å². The second-order valence-corrected chi connectivity index (χ2v) is 6.89. The number of aliphatic hydroxyl groups excluding tert-OH is 1. The van der Waals surface area contributed by atoms with Crippen molar-refractivity contribution in [2.24, 2.45) is 5.92 Å². The average molecular weight is 298 g/mol. The van der Waals surface area contributed by atoms with Gasteiger partial charge in [0.25, 0.3) is 0 Å². The quantitative estimate of drug-likeness (QED) is 0.907. The van der Waals surface area contributed by atoms with E-state index in [2.05, 4.69) is 16.8 Å². The third kappa shape index (κ3) is 4.17. The maximum absolute atomic E-state index is 12.9. The SMILES string of the molecule is CCC1CN(CC(C)C(O)c2ccc(F)cn2)CCS1. The molecule has 1 aromatic rings. The minimum Gasteiger partial charge on any atom is -0.386 e. The first-order valence-corrected chi connectivity index (χ1v) is 8.28. The van der Waals surface area contributed by atoms with Crippen LogP contribution in [0.1, 0.15) is 32.1 Å². The lowest BCUT2D eigenvalue weighted by Crippen LogP contribution is -2.41. The van der Waals surface area contributed by atoms with Crippen molar-refractivity contribution in [3.05, 3.63) is 29.8 Å². The van der Waals surface area contributed by atoms with Crippen molar-refractivity contribution in [3.8, 4) is 0 Å². The summed E-state index contributed by atoms with van der Waals surface area (Å²) >= 11 is 2.04. The summed E-state index contributed by atoms with van der Waals surface area (Å²) in [7, 11) is 0. The summed E-state index contributed by atoms with van der Waals surface area (Å²) in [6.07, 6.45) is 1.72. The van der Waals surface area contributed by atoms with Crippen LogP contribution in [0.5, 0.6) is 0 Å². The molecule has 0 amide bonds. The number of rotatable bonds is 5. The maximum atomic E-state index is 12.9. The van der Waals surface area contributed by atoms with Crippen LogP contribution in [0.3, 0.4) is 0 Å². The zero-order valence-electron chi connectivity index (χ0n) is 12.1. The molecule has 0 aromatic carbocycles. The molecule has 0 spiro atoms. The van der Waals surface area contributed by atoms with E-state index in [1.54, 1.807) is 6.07 Å². The van der Waals surface area contributed by atoms with Gasteiger partial charge in [-0.3, -0.25) is 4.98 Å². The number of aliphatic hydroxyl groups is 1. The molecule has 0 bridgehead atoms. The van der Waals surface area contributed by atoms with Gasteiger partial charge in [-0.1, -0.05) is 13.8 Å². The summed E-state index contributed by atoms with van der Waals surface area (Å²) in [5.74, 6) is 0.886. The molecule has 1 aliphatic heterocycles. The molecule has 20 heavy (non-hydrogen) atoms. The third-order valence-electron chi connectivity index (χ3n) is 3.82. The molecule has 3 atom stereocenters. The lowest BCUT2D eigenvalue weighted by atomic mass is 10.0. The van der Waals surface area contributed by atoms with Gasteiger partial charge in [0, 0.05) is 36.6 Å². The van der Waals surface area contributed by atoms with E-state index in [-0.39, 0.29) is 11.7 Å².